The number of hydrazone groups is 1. The third kappa shape index (κ3) is 3.49. The van der Waals surface area contributed by atoms with Crippen LogP contribution in [0.2, 0.25) is 5.02 Å². The van der Waals surface area contributed by atoms with E-state index in [1.54, 1.807) is 14.2 Å². The molecule has 0 aromatic heterocycles. The lowest BCUT2D eigenvalue weighted by Crippen LogP contribution is -2.33. The number of benzene rings is 3. The molecule has 0 aliphatic carbocycles. The minimum atomic E-state index is -0.308. The maximum Gasteiger partial charge on any atom is 0.213 e. The fraction of sp³-hybridized carbons (Fsp3) is 0.240. The molecule has 0 amide bonds. The summed E-state index contributed by atoms with van der Waals surface area (Å²) >= 11 is 6.32. The number of methoxy groups -OCH3 is 2. The fourth-order valence-electron chi connectivity index (χ4n) is 4.20. The lowest BCUT2D eigenvalue weighted by atomic mass is 9.95. The van der Waals surface area contributed by atoms with Crippen LogP contribution in [0.25, 0.3) is 0 Å². The Morgan fingerprint density at radius 2 is 1.74 bits per heavy atom. The van der Waals surface area contributed by atoms with E-state index in [0.717, 1.165) is 34.6 Å². The Hall–Kier alpha value is -3.18. The van der Waals surface area contributed by atoms with E-state index in [-0.39, 0.29) is 12.3 Å². The minimum absolute atomic E-state index is 0.0387. The highest BCUT2D eigenvalue weighted by molar-refractivity contribution is 6.30. The largest absolute Gasteiger partial charge is 0.493 e. The first-order valence-corrected chi connectivity index (χ1v) is 10.6. The standard InChI is InChI=1S/C25H23ClN2O3/c1-15-4-6-16(7-5-15)25-28-21(19-13-18(26)9-11-22(19)31-25)14-20(27-28)17-8-10-23(29-2)24(12-17)30-3/h4-13,21,25H,14H2,1-3H3/t21-,25+/m1/s1. The summed E-state index contributed by atoms with van der Waals surface area (Å²) in [5.41, 5.74) is 5.29. The number of ether oxygens (including phenoxy) is 3. The van der Waals surface area contributed by atoms with Gasteiger partial charge in [0.2, 0.25) is 6.23 Å². The van der Waals surface area contributed by atoms with Crippen LogP contribution < -0.4 is 14.2 Å². The van der Waals surface area contributed by atoms with E-state index >= 15 is 0 Å². The second-order valence-corrected chi connectivity index (χ2v) is 8.22. The van der Waals surface area contributed by atoms with E-state index in [1.165, 1.54) is 5.56 Å². The van der Waals surface area contributed by atoms with Gasteiger partial charge in [-0.25, -0.2) is 5.01 Å². The molecular weight excluding hydrogens is 412 g/mol. The third-order valence-electron chi connectivity index (χ3n) is 5.83. The Balaban J connectivity index is 1.58. The van der Waals surface area contributed by atoms with Gasteiger partial charge in [-0.3, -0.25) is 0 Å². The molecule has 3 aromatic carbocycles. The molecule has 0 saturated heterocycles. The minimum Gasteiger partial charge on any atom is -0.493 e. The van der Waals surface area contributed by atoms with Gasteiger partial charge in [-0.05, 0) is 43.3 Å². The molecule has 2 atom stereocenters. The zero-order valence-electron chi connectivity index (χ0n) is 17.6. The van der Waals surface area contributed by atoms with E-state index in [0.29, 0.717) is 16.5 Å². The van der Waals surface area contributed by atoms with Gasteiger partial charge in [-0.1, -0.05) is 41.4 Å². The van der Waals surface area contributed by atoms with Crippen molar-refractivity contribution in [3.05, 3.63) is 87.9 Å². The second kappa shape index (κ2) is 7.82. The van der Waals surface area contributed by atoms with Gasteiger partial charge < -0.3 is 14.2 Å². The Bertz CT molecular complexity index is 1160. The van der Waals surface area contributed by atoms with Crippen LogP contribution in [0.4, 0.5) is 0 Å². The van der Waals surface area contributed by atoms with Crippen LogP contribution in [0.3, 0.4) is 0 Å². The SMILES string of the molecule is COc1ccc(C2=NN3[C@H](C2)c2cc(Cl)ccc2O[C@H]3c2ccc(C)cc2)cc1OC. The van der Waals surface area contributed by atoms with Crippen molar-refractivity contribution in [3.8, 4) is 17.2 Å². The summed E-state index contributed by atoms with van der Waals surface area (Å²) in [7, 11) is 3.27. The summed E-state index contributed by atoms with van der Waals surface area (Å²) < 4.78 is 17.3. The molecule has 5 nitrogen and oxygen atoms in total. The predicted molar refractivity (Wildman–Crippen MR) is 121 cm³/mol. The number of halogens is 1. The Labute approximate surface area is 186 Å². The van der Waals surface area contributed by atoms with Crippen LogP contribution in [0.15, 0.2) is 65.8 Å². The molecule has 6 heteroatoms. The van der Waals surface area contributed by atoms with Crippen molar-refractivity contribution in [2.75, 3.05) is 14.2 Å². The smallest absolute Gasteiger partial charge is 0.213 e. The van der Waals surface area contributed by atoms with Crippen LogP contribution >= 0.6 is 11.6 Å². The maximum atomic E-state index is 6.41. The summed E-state index contributed by atoms with van der Waals surface area (Å²) in [6.45, 7) is 2.08. The Morgan fingerprint density at radius 1 is 0.968 bits per heavy atom. The molecule has 0 bridgehead atoms. The fourth-order valence-corrected chi connectivity index (χ4v) is 4.38. The number of hydrogen-bond donors (Lipinski definition) is 0. The molecule has 0 N–H and O–H groups in total. The lowest BCUT2D eigenvalue weighted by molar-refractivity contribution is -0.0190. The van der Waals surface area contributed by atoms with Gasteiger partial charge in [-0.15, -0.1) is 0 Å². The number of hydrogen-bond acceptors (Lipinski definition) is 5. The van der Waals surface area contributed by atoms with Crippen molar-refractivity contribution >= 4 is 17.3 Å². The van der Waals surface area contributed by atoms with Crippen molar-refractivity contribution in [1.29, 1.82) is 0 Å². The van der Waals surface area contributed by atoms with Crippen LogP contribution in [0, 0.1) is 6.92 Å². The van der Waals surface area contributed by atoms with E-state index in [9.17, 15) is 0 Å². The molecule has 2 aliphatic rings. The number of aryl methyl sites for hydroxylation is 1. The number of rotatable bonds is 4. The molecule has 2 aliphatic heterocycles. The molecule has 5 rings (SSSR count). The highest BCUT2D eigenvalue weighted by Crippen LogP contribution is 2.48. The van der Waals surface area contributed by atoms with Crippen molar-refractivity contribution in [2.24, 2.45) is 5.10 Å². The summed E-state index contributed by atoms with van der Waals surface area (Å²) in [6.07, 6.45) is 0.436. The van der Waals surface area contributed by atoms with Crippen molar-refractivity contribution in [1.82, 2.24) is 5.01 Å². The van der Waals surface area contributed by atoms with Crippen LogP contribution in [0.1, 0.15) is 40.9 Å². The Morgan fingerprint density at radius 3 is 2.48 bits per heavy atom. The van der Waals surface area contributed by atoms with E-state index in [1.807, 2.05) is 36.4 Å². The monoisotopic (exact) mass is 434 g/mol. The average Bonchev–Trinajstić information content (AvgIpc) is 3.24. The summed E-state index contributed by atoms with van der Waals surface area (Å²) in [5.74, 6) is 2.22. The van der Waals surface area contributed by atoms with Crippen molar-refractivity contribution in [3.63, 3.8) is 0 Å². The summed E-state index contributed by atoms with van der Waals surface area (Å²) in [5, 5.41) is 7.75. The highest BCUT2D eigenvalue weighted by Gasteiger charge is 2.41. The van der Waals surface area contributed by atoms with Gasteiger partial charge in [0.25, 0.3) is 0 Å². The van der Waals surface area contributed by atoms with Crippen molar-refractivity contribution in [2.45, 2.75) is 25.6 Å². The van der Waals surface area contributed by atoms with E-state index < -0.39 is 0 Å². The molecule has 2 heterocycles. The molecule has 0 fully saturated rings. The molecule has 0 unspecified atom stereocenters. The third-order valence-corrected chi connectivity index (χ3v) is 6.07. The topological polar surface area (TPSA) is 43.3 Å². The van der Waals surface area contributed by atoms with E-state index in [4.69, 9.17) is 30.9 Å². The van der Waals surface area contributed by atoms with Gasteiger partial charge in [0.05, 0.1) is 26.0 Å². The highest BCUT2D eigenvalue weighted by atomic mass is 35.5. The molecule has 0 saturated carbocycles. The zero-order valence-corrected chi connectivity index (χ0v) is 18.4. The number of fused-ring (bicyclic) bond motifs is 3. The quantitative estimate of drug-likeness (QED) is 0.512. The van der Waals surface area contributed by atoms with Crippen LogP contribution in [0.5, 0.6) is 17.2 Å². The molecule has 158 valence electrons. The normalized spacial score (nSPS) is 19.2. The van der Waals surface area contributed by atoms with Crippen LogP contribution in [-0.4, -0.2) is 24.9 Å². The van der Waals surface area contributed by atoms with Gasteiger partial charge in [0.1, 0.15) is 5.75 Å². The molecule has 3 aromatic rings. The summed E-state index contributed by atoms with van der Waals surface area (Å²) in [4.78, 5) is 0. The molecular formula is C25H23ClN2O3. The zero-order chi connectivity index (χ0) is 21.5. The molecule has 0 radical (unpaired) electrons. The van der Waals surface area contributed by atoms with E-state index in [2.05, 4.69) is 36.2 Å². The van der Waals surface area contributed by atoms with Crippen molar-refractivity contribution < 1.29 is 14.2 Å². The van der Waals surface area contributed by atoms with Crippen LogP contribution in [-0.2, 0) is 0 Å². The molecule has 31 heavy (non-hydrogen) atoms. The van der Waals surface area contributed by atoms with Gasteiger partial charge >= 0.3 is 0 Å². The first kappa shape index (κ1) is 19.8. The maximum absolute atomic E-state index is 6.41. The van der Waals surface area contributed by atoms with Gasteiger partial charge in [0, 0.05) is 28.1 Å². The number of nitrogens with zero attached hydrogens (tertiary/aromatic N) is 2. The predicted octanol–water partition coefficient (Wildman–Crippen LogP) is 5.91. The summed E-state index contributed by atoms with van der Waals surface area (Å²) in [6, 6.07) is 20.1. The van der Waals surface area contributed by atoms with Gasteiger partial charge in [-0.2, -0.15) is 5.10 Å². The second-order valence-electron chi connectivity index (χ2n) is 7.78. The first-order chi connectivity index (χ1) is 15.1. The van der Waals surface area contributed by atoms with Gasteiger partial charge in [0.15, 0.2) is 11.5 Å². The first-order valence-electron chi connectivity index (χ1n) is 10.2. The average molecular weight is 435 g/mol. The molecule has 0 spiro atoms. The lowest BCUT2D eigenvalue weighted by Gasteiger charge is -2.38. The Kier molecular flexibility index (Phi) is 4.98.